The number of carbonyl (C=O) groups is 1. The Balaban J connectivity index is 1.85. The predicted molar refractivity (Wildman–Crippen MR) is 83.7 cm³/mol. The summed E-state index contributed by atoms with van der Waals surface area (Å²) in [4.78, 5) is 11.9. The highest BCUT2D eigenvalue weighted by Gasteiger charge is 2.60. The topological polar surface area (TPSA) is 122 Å². The van der Waals surface area contributed by atoms with Crippen LogP contribution in [0.1, 0.15) is 13.8 Å². The van der Waals surface area contributed by atoms with Crippen molar-refractivity contribution in [2.75, 3.05) is 19.9 Å². The summed E-state index contributed by atoms with van der Waals surface area (Å²) in [6.07, 6.45) is -1.01. The second-order valence-corrected chi connectivity index (χ2v) is 8.88. The maximum atomic E-state index is 11.9. The van der Waals surface area contributed by atoms with Crippen LogP contribution in [0.25, 0.3) is 0 Å². The lowest BCUT2D eigenvalue weighted by Crippen LogP contribution is -2.31. The molecule has 0 spiro atoms. The fourth-order valence-electron chi connectivity index (χ4n) is 3.60. The molecule has 3 heterocycles. The molecule has 0 radical (unpaired) electrons. The third-order valence-electron chi connectivity index (χ3n) is 4.66. The number of aliphatic hydroxyl groups is 1. The van der Waals surface area contributed by atoms with Crippen LogP contribution in [0.4, 0.5) is 0 Å². The molecule has 4 unspecified atom stereocenters. The zero-order valence-corrected chi connectivity index (χ0v) is 14.7. The van der Waals surface area contributed by atoms with Crippen LogP contribution in [0.3, 0.4) is 0 Å². The van der Waals surface area contributed by atoms with Gasteiger partial charge in [0.05, 0.1) is 31.2 Å². The van der Waals surface area contributed by atoms with Gasteiger partial charge in [-0.3, -0.25) is 4.79 Å². The Morgan fingerprint density at radius 1 is 1.50 bits per heavy atom. The first-order chi connectivity index (χ1) is 11.3. The lowest BCUT2D eigenvalue weighted by atomic mass is 9.97. The molecule has 9 heteroatoms. The molecular formula is C15H21N2O6P. The number of hydrogen-bond donors (Lipinski definition) is 2. The molecule has 0 amide bonds. The van der Waals surface area contributed by atoms with Crippen molar-refractivity contribution in [1.82, 2.24) is 0 Å². The van der Waals surface area contributed by atoms with Crippen LogP contribution in [-0.4, -0.2) is 66.4 Å². The number of rotatable bonds is 3. The third-order valence-corrected chi connectivity index (χ3v) is 7.37. The monoisotopic (exact) mass is 356 g/mol. The Bertz CT molecular complexity index is 591. The van der Waals surface area contributed by atoms with Crippen molar-refractivity contribution in [3.63, 3.8) is 0 Å². The van der Waals surface area contributed by atoms with Gasteiger partial charge in [-0.05, 0) is 27.9 Å². The van der Waals surface area contributed by atoms with E-state index < -0.39 is 55.7 Å². The van der Waals surface area contributed by atoms with Crippen LogP contribution in [0.5, 0.6) is 0 Å². The van der Waals surface area contributed by atoms with Crippen LogP contribution >= 0.6 is 7.92 Å². The molecule has 24 heavy (non-hydrogen) atoms. The van der Waals surface area contributed by atoms with Crippen molar-refractivity contribution in [1.29, 1.82) is 10.7 Å². The van der Waals surface area contributed by atoms with Gasteiger partial charge in [0.2, 0.25) is 0 Å². The number of ether oxygens (including phenoxy) is 4. The number of nitriles is 1. The second-order valence-electron chi connectivity index (χ2n) is 6.59. The molecular weight excluding hydrogens is 335 g/mol. The molecule has 0 aromatic heterocycles. The van der Waals surface area contributed by atoms with E-state index in [1.54, 1.807) is 13.8 Å². The van der Waals surface area contributed by atoms with Gasteiger partial charge in [0.25, 0.3) is 0 Å². The Labute approximate surface area is 141 Å². The van der Waals surface area contributed by atoms with E-state index in [4.69, 9.17) is 24.4 Å². The summed E-state index contributed by atoms with van der Waals surface area (Å²) in [6.45, 7) is 3.37. The van der Waals surface area contributed by atoms with Gasteiger partial charge in [0.1, 0.15) is 30.1 Å². The van der Waals surface area contributed by atoms with Crippen molar-refractivity contribution >= 4 is 19.3 Å². The second kappa shape index (κ2) is 6.32. The number of aliphatic hydroxyl groups excluding tert-OH is 1. The number of methoxy groups -OCH3 is 1. The van der Waals surface area contributed by atoms with Gasteiger partial charge in [-0.25, -0.2) is 0 Å². The number of hydrogen-bond acceptors (Lipinski definition) is 8. The Kier molecular flexibility index (Phi) is 4.67. The lowest BCUT2D eigenvalue weighted by Gasteiger charge is -2.27. The summed E-state index contributed by atoms with van der Waals surface area (Å²) in [7, 11) is 0.0651. The van der Waals surface area contributed by atoms with E-state index in [9.17, 15) is 15.2 Å². The largest absolute Gasteiger partial charge is 0.469 e. The van der Waals surface area contributed by atoms with E-state index in [2.05, 4.69) is 0 Å². The van der Waals surface area contributed by atoms with Crippen molar-refractivity contribution in [2.45, 2.75) is 43.8 Å². The van der Waals surface area contributed by atoms with E-state index in [0.29, 0.717) is 6.16 Å². The van der Waals surface area contributed by atoms with Gasteiger partial charge in [-0.15, -0.1) is 0 Å². The molecule has 3 saturated heterocycles. The smallest absolute Gasteiger partial charge is 0.310 e. The summed E-state index contributed by atoms with van der Waals surface area (Å²) >= 11 is 0. The highest BCUT2D eigenvalue weighted by atomic mass is 31.1. The van der Waals surface area contributed by atoms with Crippen LogP contribution < -0.4 is 0 Å². The summed E-state index contributed by atoms with van der Waals surface area (Å²) in [6, 6.07) is 2.05. The average Bonchev–Trinajstić information content (AvgIpc) is 3.14. The zero-order chi connectivity index (χ0) is 17.6. The Morgan fingerprint density at radius 2 is 2.17 bits per heavy atom. The minimum Gasteiger partial charge on any atom is -0.469 e. The normalized spacial score (nSPS) is 43.5. The van der Waals surface area contributed by atoms with Crippen LogP contribution in [0, 0.1) is 28.6 Å². The van der Waals surface area contributed by atoms with Gasteiger partial charge in [-0.2, -0.15) is 5.26 Å². The fourth-order valence-corrected chi connectivity index (χ4v) is 6.54. The SMILES string of the molecule is COC(=O)C1CP(C2O[C@H](CO)[C@H]3OC(C)(C)O[C@@H]23)C(=N)C1C#N. The van der Waals surface area contributed by atoms with Crippen molar-refractivity contribution in [3.8, 4) is 6.07 Å². The quantitative estimate of drug-likeness (QED) is 0.562. The van der Waals surface area contributed by atoms with Gasteiger partial charge in [0.15, 0.2) is 5.79 Å². The third kappa shape index (κ3) is 2.75. The minimum absolute atomic E-state index is 0.213. The molecule has 8 nitrogen and oxygen atoms in total. The molecule has 0 aromatic carbocycles. The molecule has 7 atom stereocenters. The van der Waals surface area contributed by atoms with Crippen LogP contribution in [-0.2, 0) is 23.7 Å². The molecule has 3 aliphatic heterocycles. The van der Waals surface area contributed by atoms with E-state index in [-0.39, 0.29) is 12.1 Å². The van der Waals surface area contributed by atoms with Crippen molar-refractivity contribution < 1.29 is 28.8 Å². The summed E-state index contributed by atoms with van der Waals surface area (Å²) in [5.41, 5.74) is 0.221. The van der Waals surface area contributed by atoms with Crippen LogP contribution in [0.15, 0.2) is 0 Å². The molecule has 0 aromatic rings. The van der Waals surface area contributed by atoms with Gasteiger partial charge >= 0.3 is 5.97 Å². The zero-order valence-electron chi connectivity index (χ0n) is 13.8. The number of carbonyl (C=O) groups excluding carboxylic acids is 1. The molecule has 132 valence electrons. The van der Waals surface area contributed by atoms with Gasteiger partial charge in [0, 0.05) is 0 Å². The molecule has 0 saturated carbocycles. The molecule has 2 N–H and O–H groups in total. The maximum absolute atomic E-state index is 11.9. The Morgan fingerprint density at radius 3 is 2.75 bits per heavy atom. The first-order valence-corrected chi connectivity index (χ1v) is 9.37. The number of fused-ring (bicyclic) bond motifs is 1. The number of nitrogens with zero attached hydrogens (tertiary/aromatic N) is 1. The fraction of sp³-hybridized carbons (Fsp3) is 0.800. The van der Waals surface area contributed by atoms with E-state index in [1.165, 1.54) is 7.11 Å². The van der Waals surface area contributed by atoms with E-state index in [0.717, 1.165) is 0 Å². The molecule has 3 rings (SSSR count). The first kappa shape index (κ1) is 17.7. The predicted octanol–water partition coefficient (Wildman–Crippen LogP) is 0.625. The summed E-state index contributed by atoms with van der Waals surface area (Å²) < 4.78 is 22.4. The number of nitrogens with one attached hydrogen (secondary N) is 1. The molecule has 3 fully saturated rings. The van der Waals surface area contributed by atoms with E-state index >= 15 is 0 Å². The molecule has 3 aliphatic rings. The highest BCUT2D eigenvalue weighted by molar-refractivity contribution is 7.76. The first-order valence-electron chi connectivity index (χ1n) is 7.77. The summed E-state index contributed by atoms with van der Waals surface area (Å²) in [5, 5.41) is 27.3. The minimum atomic E-state index is -1.21. The average molecular weight is 356 g/mol. The Hall–Kier alpha value is -1.10. The van der Waals surface area contributed by atoms with Crippen molar-refractivity contribution in [3.05, 3.63) is 0 Å². The molecule has 0 aliphatic carbocycles. The van der Waals surface area contributed by atoms with Crippen molar-refractivity contribution in [2.24, 2.45) is 11.8 Å². The lowest BCUT2D eigenvalue weighted by molar-refractivity contribution is -0.181. The van der Waals surface area contributed by atoms with Gasteiger partial charge < -0.3 is 29.5 Å². The highest BCUT2D eigenvalue weighted by Crippen LogP contribution is 2.60. The summed E-state index contributed by atoms with van der Waals surface area (Å²) in [5.74, 6) is -3.19. The molecule has 0 bridgehead atoms. The standard InChI is InChI=1S/C15H21N2O6P/c1-15(2)22-10-9(5-18)21-14(11(10)23-15)24-6-8(13(19)20-3)7(4-16)12(24)17/h7-11,14,17-18H,5-6H2,1-3H3/t7?,8?,9-,10-,11-,14?,24?/m1/s1. The van der Waals surface area contributed by atoms with Crippen LogP contribution in [0.2, 0.25) is 0 Å². The number of esters is 1. The van der Waals surface area contributed by atoms with E-state index in [1.807, 2.05) is 6.07 Å². The van der Waals surface area contributed by atoms with Gasteiger partial charge in [-0.1, -0.05) is 0 Å². The maximum Gasteiger partial charge on any atom is 0.310 e.